The number of hydrogen-bond donors (Lipinski definition) is 1. The molecule has 2 aliphatic heterocycles. The Kier molecular flexibility index (Phi) is 7.04. The summed E-state index contributed by atoms with van der Waals surface area (Å²) in [5.74, 6) is 2.25. The number of anilines is 1. The Balaban J connectivity index is 1.07. The third-order valence-corrected chi connectivity index (χ3v) is 7.99. The normalized spacial score (nSPS) is 18.5. The first-order valence-electron chi connectivity index (χ1n) is 13.2. The number of imidazole rings is 1. The molecule has 0 atom stereocenters. The number of nitrogens with two attached hydrogens (primary N) is 1. The van der Waals surface area contributed by atoms with Gasteiger partial charge in [0.15, 0.2) is 11.5 Å². The van der Waals surface area contributed by atoms with Gasteiger partial charge in [-0.3, -0.25) is 9.88 Å². The summed E-state index contributed by atoms with van der Waals surface area (Å²) in [4.78, 5) is 23.5. The molecule has 6 rings (SSSR count). The van der Waals surface area contributed by atoms with Gasteiger partial charge in [0.05, 0.1) is 5.02 Å². The van der Waals surface area contributed by atoms with Crippen molar-refractivity contribution in [2.24, 2.45) is 5.92 Å². The fraction of sp³-hybridized carbons (Fsp3) is 0.429. The molecule has 0 unspecified atom stereocenters. The minimum Gasteiger partial charge on any atom is -0.384 e. The topological polar surface area (TPSA) is 89.0 Å². The molecule has 37 heavy (non-hydrogen) atoms. The van der Waals surface area contributed by atoms with Crippen molar-refractivity contribution in [3.8, 4) is 11.5 Å². The number of halogens is 1. The number of piperidine rings is 2. The van der Waals surface area contributed by atoms with E-state index in [-0.39, 0.29) is 0 Å². The first kappa shape index (κ1) is 24.3. The van der Waals surface area contributed by atoms with E-state index in [0.717, 1.165) is 74.2 Å². The van der Waals surface area contributed by atoms with Crippen LogP contribution in [-0.2, 0) is 6.54 Å². The molecule has 0 aromatic carbocycles. The van der Waals surface area contributed by atoms with Crippen molar-refractivity contribution >= 4 is 28.6 Å². The molecule has 2 N–H and O–H groups in total. The number of pyridine rings is 3. The number of fused-ring (bicyclic) bond motifs is 1. The van der Waals surface area contributed by atoms with Crippen molar-refractivity contribution < 1.29 is 0 Å². The maximum atomic E-state index is 6.23. The summed E-state index contributed by atoms with van der Waals surface area (Å²) >= 11 is 6.23. The number of nitrogen functional groups attached to an aromatic ring is 1. The summed E-state index contributed by atoms with van der Waals surface area (Å²) in [5.41, 5.74) is 9.70. The fourth-order valence-electron chi connectivity index (χ4n) is 5.88. The highest BCUT2D eigenvalue weighted by Crippen LogP contribution is 2.33. The van der Waals surface area contributed by atoms with Gasteiger partial charge in [0.1, 0.15) is 17.0 Å². The zero-order chi connectivity index (χ0) is 25.2. The van der Waals surface area contributed by atoms with Crippen LogP contribution in [0.3, 0.4) is 0 Å². The van der Waals surface area contributed by atoms with Crippen molar-refractivity contribution in [1.29, 1.82) is 0 Å². The summed E-state index contributed by atoms with van der Waals surface area (Å²) in [7, 11) is 0. The van der Waals surface area contributed by atoms with Gasteiger partial charge < -0.3 is 15.2 Å². The van der Waals surface area contributed by atoms with Crippen LogP contribution in [-0.4, -0.2) is 67.0 Å². The van der Waals surface area contributed by atoms with Crippen LogP contribution in [0.15, 0.2) is 55.0 Å². The van der Waals surface area contributed by atoms with Crippen LogP contribution < -0.4 is 5.73 Å². The van der Waals surface area contributed by atoms with Crippen LogP contribution in [0, 0.1) is 5.92 Å². The third-order valence-electron chi connectivity index (χ3n) is 7.79. The lowest BCUT2D eigenvalue weighted by atomic mass is 9.94. The number of nitrogens with zero attached hydrogens (tertiary/aromatic N) is 7. The molecule has 0 aliphatic carbocycles. The summed E-state index contributed by atoms with van der Waals surface area (Å²) in [6.07, 6.45) is 10.0. The smallest absolute Gasteiger partial charge is 0.161 e. The van der Waals surface area contributed by atoms with E-state index < -0.39 is 0 Å². The summed E-state index contributed by atoms with van der Waals surface area (Å²) in [5, 5.41) is 0.607. The Labute approximate surface area is 222 Å². The van der Waals surface area contributed by atoms with Gasteiger partial charge in [0.25, 0.3) is 0 Å². The predicted octanol–water partition coefficient (Wildman–Crippen LogP) is 4.67. The van der Waals surface area contributed by atoms with E-state index in [4.69, 9.17) is 22.3 Å². The number of likely N-dealkylation sites (tertiary alicyclic amines) is 2. The van der Waals surface area contributed by atoms with Crippen molar-refractivity contribution in [3.63, 3.8) is 0 Å². The van der Waals surface area contributed by atoms with Gasteiger partial charge >= 0.3 is 0 Å². The first-order valence-corrected chi connectivity index (χ1v) is 13.6. The molecule has 0 radical (unpaired) electrons. The van der Waals surface area contributed by atoms with Crippen LogP contribution in [0.2, 0.25) is 5.02 Å². The van der Waals surface area contributed by atoms with Gasteiger partial charge in [-0.2, -0.15) is 0 Å². The monoisotopic (exact) mass is 516 g/mol. The van der Waals surface area contributed by atoms with Gasteiger partial charge in [0, 0.05) is 50.8 Å². The Morgan fingerprint density at radius 2 is 1.70 bits per heavy atom. The Bertz CT molecular complexity index is 1340. The van der Waals surface area contributed by atoms with Gasteiger partial charge in [-0.25, -0.2) is 15.0 Å². The van der Waals surface area contributed by atoms with Crippen molar-refractivity contribution in [3.05, 3.63) is 65.6 Å². The second-order valence-electron chi connectivity index (χ2n) is 10.4. The summed E-state index contributed by atoms with van der Waals surface area (Å²) in [6.45, 7) is 6.63. The molecule has 0 amide bonds. The molecule has 2 fully saturated rings. The number of rotatable bonds is 6. The Morgan fingerprint density at radius 3 is 2.46 bits per heavy atom. The second kappa shape index (κ2) is 10.7. The zero-order valence-corrected chi connectivity index (χ0v) is 21.8. The van der Waals surface area contributed by atoms with E-state index in [0.29, 0.717) is 16.9 Å². The highest BCUT2D eigenvalue weighted by atomic mass is 35.5. The second-order valence-corrected chi connectivity index (χ2v) is 10.8. The van der Waals surface area contributed by atoms with Gasteiger partial charge in [-0.1, -0.05) is 17.7 Å². The zero-order valence-electron chi connectivity index (χ0n) is 21.0. The lowest BCUT2D eigenvalue weighted by Gasteiger charge is -2.38. The molecular weight excluding hydrogens is 484 g/mol. The van der Waals surface area contributed by atoms with Crippen LogP contribution in [0.4, 0.5) is 5.82 Å². The summed E-state index contributed by atoms with van der Waals surface area (Å²) < 4.78 is 2.30. The quantitative estimate of drug-likeness (QED) is 0.398. The minimum absolute atomic E-state index is 0.349. The molecule has 4 aromatic rings. The molecular formula is C28H33ClN8. The maximum Gasteiger partial charge on any atom is 0.161 e. The first-order chi connectivity index (χ1) is 18.1. The van der Waals surface area contributed by atoms with Crippen molar-refractivity contribution in [1.82, 2.24) is 34.3 Å². The van der Waals surface area contributed by atoms with E-state index in [1.165, 1.54) is 24.9 Å². The highest BCUT2D eigenvalue weighted by Gasteiger charge is 2.28. The van der Waals surface area contributed by atoms with Crippen LogP contribution in [0.5, 0.6) is 0 Å². The van der Waals surface area contributed by atoms with Crippen LogP contribution >= 0.6 is 11.6 Å². The van der Waals surface area contributed by atoms with Gasteiger partial charge in [-0.05, 0) is 80.6 Å². The molecule has 4 aromatic heterocycles. The average Bonchev–Trinajstić information content (AvgIpc) is 3.29. The SMILES string of the molecule is Nc1cc(CN2CCC(CN3CCC(n4c(-c5ccccn5)nc5cc(Cl)cnc54)CC3)CC2)ccn1. The predicted molar refractivity (Wildman–Crippen MR) is 147 cm³/mol. The molecule has 0 saturated carbocycles. The molecule has 2 saturated heterocycles. The molecule has 2 aliphatic rings. The molecule has 8 nitrogen and oxygen atoms in total. The number of aromatic nitrogens is 5. The van der Waals surface area contributed by atoms with E-state index >= 15 is 0 Å². The lowest BCUT2D eigenvalue weighted by molar-refractivity contribution is 0.117. The molecule has 192 valence electrons. The molecule has 0 spiro atoms. The lowest BCUT2D eigenvalue weighted by Crippen LogP contribution is -2.41. The van der Waals surface area contributed by atoms with Crippen molar-refractivity contribution in [2.45, 2.75) is 38.3 Å². The van der Waals surface area contributed by atoms with Crippen LogP contribution in [0.1, 0.15) is 37.3 Å². The summed E-state index contributed by atoms with van der Waals surface area (Å²) in [6, 6.07) is 12.3. The van der Waals surface area contributed by atoms with Gasteiger partial charge in [0.2, 0.25) is 0 Å². The molecule has 6 heterocycles. The molecule has 9 heteroatoms. The van der Waals surface area contributed by atoms with E-state index in [1.807, 2.05) is 36.5 Å². The Hall–Kier alpha value is -3.07. The minimum atomic E-state index is 0.349. The van der Waals surface area contributed by atoms with E-state index in [9.17, 15) is 0 Å². The van der Waals surface area contributed by atoms with Crippen LogP contribution in [0.25, 0.3) is 22.7 Å². The largest absolute Gasteiger partial charge is 0.384 e. The Morgan fingerprint density at radius 1 is 0.892 bits per heavy atom. The third kappa shape index (κ3) is 5.46. The van der Waals surface area contributed by atoms with E-state index in [2.05, 4.69) is 35.4 Å². The standard InChI is InChI=1S/C28H33ClN8/c29-22-16-25-27(33-17-22)37(28(34-25)24-3-1-2-9-31-24)23-7-13-36(14-8-23)18-20-5-11-35(12-6-20)19-21-4-10-32-26(30)15-21/h1-4,9-10,15-17,20,23H,5-8,11-14,18-19H2,(H2,30,32). The van der Waals surface area contributed by atoms with Crippen molar-refractivity contribution in [2.75, 3.05) is 38.5 Å². The average molecular weight is 517 g/mol. The van der Waals surface area contributed by atoms with E-state index in [1.54, 1.807) is 12.4 Å². The fourth-order valence-corrected chi connectivity index (χ4v) is 6.03. The number of hydrogen-bond acceptors (Lipinski definition) is 7. The highest BCUT2D eigenvalue weighted by molar-refractivity contribution is 6.31. The maximum absolute atomic E-state index is 6.23. The molecule has 0 bridgehead atoms. The van der Waals surface area contributed by atoms with Gasteiger partial charge in [-0.15, -0.1) is 0 Å².